The molecular formula is C30H30EuF21O6. The minimum atomic E-state index is -7.03. The van der Waals surface area contributed by atoms with Crippen molar-refractivity contribution in [2.45, 2.75) is 116 Å². The van der Waals surface area contributed by atoms with E-state index in [4.69, 9.17) is 37.0 Å². The Hall–Kier alpha value is -2.26. The van der Waals surface area contributed by atoms with E-state index in [0.717, 1.165) is 0 Å². The van der Waals surface area contributed by atoms with Gasteiger partial charge in [0.15, 0.2) is 0 Å². The number of hydrogen-bond donors (Lipinski definition) is 0. The van der Waals surface area contributed by atoms with E-state index < -0.39 is 185 Å². The molecule has 0 bridgehead atoms. The van der Waals surface area contributed by atoms with E-state index in [2.05, 4.69) is 0 Å². The Labute approximate surface area is 393 Å². The zero-order valence-electron chi connectivity index (χ0n) is 53.0. The summed E-state index contributed by atoms with van der Waals surface area (Å²) in [6, 6.07) is 0. The summed E-state index contributed by atoms with van der Waals surface area (Å²) in [5.74, 6) is -60.7. The molecule has 0 radical (unpaired) electrons. The molecule has 6 nitrogen and oxygen atoms in total. The molecule has 0 rings (SSSR count). The number of ketones is 3. The van der Waals surface area contributed by atoms with Gasteiger partial charge < -0.3 is 15.3 Å². The molecule has 0 aliphatic rings. The Morgan fingerprint density at radius 3 is 0.603 bits per heavy atom. The van der Waals surface area contributed by atoms with Crippen LogP contribution >= 0.6 is 0 Å². The number of carbonyl (C=O) groups is 3. The number of hydrogen-bond acceptors (Lipinski definition) is 6. The van der Waals surface area contributed by atoms with Crippen molar-refractivity contribution in [3.63, 3.8) is 0 Å². The van der Waals surface area contributed by atoms with E-state index in [9.17, 15) is 122 Å². The van der Waals surface area contributed by atoms with E-state index in [-0.39, 0.29) is 49.4 Å². The van der Waals surface area contributed by atoms with Crippen molar-refractivity contribution < 1.29 is 208 Å². The first-order valence-corrected chi connectivity index (χ1v) is 12.2. The average molecular weight is 1060 g/mol. The third-order valence-corrected chi connectivity index (χ3v) is 5.07. The average Bonchev–Trinajstić information content (AvgIpc) is 3.11. The molecule has 0 heterocycles. The van der Waals surface area contributed by atoms with Crippen LogP contribution in [0.1, 0.15) is 98.7 Å². The molecule has 0 atom stereocenters. The topological polar surface area (TPSA) is 120 Å². The fourth-order valence-corrected chi connectivity index (χ4v) is 1.95. The Morgan fingerprint density at radius 2 is 0.500 bits per heavy atom. The molecule has 0 aliphatic carbocycles. The second-order valence-electron chi connectivity index (χ2n) is 9.81. The molecule has 0 amide bonds. The van der Waals surface area contributed by atoms with Gasteiger partial charge in [0.1, 0.15) is 0 Å². The maximum Gasteiger partial charge on any atom is 3.00 e. The summed E-state index contributed by atoms with van der Waals surface area (Å²) >= 11 is 0. The zero-order valence-corrected chi connectivity index (χ0v) is 28.4. The van der Waals surface area contributed by atoms with Crippen molar-refractivity contribution in [2.75, 3.05) is 0 Å². The smallest absolute Gasteiger partial charge is 0.875 e. The van der Waals surface area contributed by atoms with Crippen LogP contribution in [0.4, 0.5) is 92.2 Å². The summed E-state index contributed by atoms with van der Waals surface area (Å²) in [7, 11) is 0. The van der Waals surface area contributed by atoms with Gasteiger partial charge in [0.25, 0.3) is 0 Å². The second-order valence-corrected chi connectivity index (χ2v) is 9.81. The summed E-state index contributed by atoms with van der Waals surface area (Å²) in [5, 5.41) is 36.1. The third-order valence-electron chi connectivity index (χ3n) is 5.07. The van der Waals surface area contributed by atoms with Crippen LogP contribution in [-0.4, -0.2) is 71.4 Å². The first-order valence-electron chi connectivity index (χ1n) is 25.7. The molecule has 0 unspecified atom stereocenters. The van der Waals surface area contributed by atoms with Crippen molar-refractivity contribution in [3.05, 3.63) is 35.5 Å². The van der Waals surface area contributed by atoms with E-state index >= 15 is 0 Å². The van der Waals surface area contributed by atoms with Crippen molar-refractivity contribution in [1.29, 1.82) is 0 Å². The van der Waals surface area contributed by atoms with Crippen molar-refractivity contribution in [3.8, 4) is 0 Å². The largest absolute Gasteiger partial charge is 3.00 e. The van der Waals surface area contributed by atoms with Crippen molar-refractivity contribution >= 4 is 17.3 Å². The normalized spacial score (nSPS) is 24.2. The van der Waals surface area contributed by atoms with Crippen LogP contribution in [0.25, 0.3) is 0 Å². The van der Waals surface area contributed by atoms with Gasteiger partial charge in [-0.3, -0.25) is 14.4 Å². The van der Waals surface area contributed by atoms with Gasteiger partial charge in [-0.2, -0.15) is 92.2 Å². The van der Waals surface area contributed by atoms with Crippen LogP contribution in [-0.2, 0) is 14.4 Å². The number of alkyl halides is 21. The Balaban J connectivity index is -0.000000576. The number of allylic oxidation sites excluding steroid dienone is 6. The summed E-state index contributed by atoms with van der Waals surface area (Å²) in [6.07, 6.45) is -25.1. The maximum atomic E-state index is 13.3. The molecule has 0 saturated carbocycles. The molecule has 340 valence electrons. The summed E-state index contributed by atoms with van der Waals surface area (Å²) in [4.78, 5) is 33.7. The molecule has 0 aromatic rings. The van der Waals surface area contributed by atoms with Crippen molar-refractivity contribution in [1.82, 2.24) is 0 Å². The molecule has 0 fully saturated rings. The van der Waals surface area contributed by atoms with E-state index in [1.54, 1.807) is 0 Å². The number of halogens is 21. The summed E-state index contributed by atoms with van der Waals surface area (Å²) < 4.78 is 456. The zero-order chi connectivity index (χ0) is 70.1. The van der Waals surface area contributed by atoms with Crippen LogP contribution in [0.5, 0.6) is 0 Å². The molecule has 0 aromatic carbocycles. The molecule has 0 aliphatic heterocycles. The van der Waals surface area contributed by atoms with E-state index in [0.29, 0.717) is 0 Å². The van der Waals surface area contributed by atoms with Crippen LogP contribution in [0.15, 0.2) is 35.5 Å². The molecule has 0 spiro atoms. The maximum absolute atomic E-state index is 13.3. The first kappa shape index (κ1) is 26.9. The SMILES string of the molecule is [2H]C([2H])([2H])C(/C([O-])=C/C(=O)C(F)(F)C(F)(F)C(F)(F)F)(C([2H])([2H])[2H])C([2H])([2H])[2H].[2H]C([2H])([2H])C(/C([O-])=C/C(=O)C(F)(F)C(F)(F)C(F)(F)F)(C([2H])([2H])[2H])C([2H])([2H])[2H].[2H]C([2H])([2H])C(/C([O-])=C/C(=O)C(F)(F)C(F)(F)C(F)(F)F)(C([2H])([2H])[2H])C([2H])([2H])[2H].[Eu+3]. The van der Waals surface area contributed by atoms with Gasteiger partial charge in [-0.15, -0.1) is 17.3 Å². The van der Waals surface area contributed by atoms with Crippen LogP contribution in [0.3, 0.4) is 0 Å². The van der Waals surface area contributed by atoms with Crippen LogP contribution < -0.4 is 15.3 Å². The fraction of sp³-hybridized carbons (Fsp3) is 0.700. The van der Waals surface area contributed by atoms with E-state index in [1.165, 1.54) is 0 Å². The van der Waals surface area contributed by atoms with Crippen LogP contribution in [0.2, 0.25) is 0 Å². The van der Waals surface area contributed by atoms with E-state index in [1.807, 2.05) is 0 Å². The minimum absolute atomic E-state index is 0. The van der Waals surface area contributed by atoms with Gasteiger partial charge in [0.2, 0.25) is 17.3 Å². The summed E-state index contributed by atoms with van der Waals surface area (Å²) in [5.41, 5.74) is -13.6. The quantitative estimate of drug-likeness (QED) is 0.131. The standard InChI is InChI=1S/3C10H11F7O2.Eu/c3*1-7(2,3)5(18)4-6(19)8(11,12)9(13,14)10(15,16)17;/h3*4,18H,1-3H3;/q;;;+3/p-3/b3*5-4-;/i3*1D3,2D3,3D3;. The van der Waals surface area contributed by atoms with Gasteiger partial charge in [-0.25, -0.2) is 0 Å². The molecule has 0 N–H and O–H groups in total. The molecule has 28 heteroatoms. The first-order chi connectivity index (χ1) is 35.4. The van der Waals surface area contributed by atoms with Crippen LogP contribution in [0, 0.1) is 65.6 Å². The number of carbonyl (C=O) groups excluding carboxylic acids is 3. The van der Waals surface area contributed by atoms with Gasteiger partial charge in [0.05, 0.1) is 0 Å². The predicted octanol–water partition coefficient (Wildman–Crippen LogP) is 8.04. The monoisotopic (exact) mass is 1070 g/mol. The Bertz CT molecular complexity index is 2100. The second kappa shape index (κ2) is 19.2. The molecule has 0 aromatic heterocycles. The Morgan fingerprint density at radius 1 is 0.362 bits per heavy atom. The van der Waals surface area contributed by atoms with Gasteiger partial charge >= 0.3 is 103 Å². The van der Waals surface area contributed by atoms with Gasteiger partial charge in [-0.05, 0) is 34.5 Å². The molecular weight excluding hydrogens is 1010 g/mol. The fourth-order valence-electron chi connectivity index (χ4n) is 1.95. The molecule has 58 heavy (non-hydrogen) atoms. The number of rotatable bonds is 9. The summed E-state index contributed by atoms with van der Waals surface area (Å²) in [6.45, 7) is -39.0. The third kappa shape index (κ3) is 15.0. The predicted molar refractivity (Wildman–Crippen MR) is 145 cm³/mol. The van der Waals surface area contributed by atoms with Gasteiger partial charge in [-0.1, -0.05) is 61.7 Å². The minimum Gasteiger partial charge on any atom is -0.875 e. The van der Waals surface area contributed by atoms with Crippen molar-refractivity contribution in [2.24, 2.45) is 16.2 Å². The molecule has 0 saturated heterocycles. The Kier molecular flexibility index (Phi) is 8.92. The van der Waals surface area contributed by atoms with Gasteiger partial charge in [0, 0.05) is 37.0 Å².